The quantitative estimate of drug-likeness (QED) is 0.676. The summed E-state index contributed by atoms with van der Waals surface area (Å²) in [6.45, 7) is 1.31. The molecule has 0 N–H and O–H groups in total. The zero-order valence-electron chi connectivity index (χ0n) is 14.3. The van der Waals surface area contributed by atoms with Gasteiger partial charge < -0.3 is 9.47 Å². The molecule has 8 nitrogen and oxygen atoms in total. The zero-order valence-corrected chi connectivity index (χ0v) is 15.1. The van der Waals surface area contributed by atoms with Gasteiger partial charge in [-0.15, -0.1) is 0 Å². The molecule has 1 aromatic rings. The van der Waals surface area contributed by atoms with E-state index in [1.165, 1.54) is 6.92 Å². The molecule has 3 fully saturated rings. The van der Waals surface area contributed by atoms with Gasteiger partial charge in [0, 0.05) is 5.92 Å². The Morgan fingerprint density at radius 3 is 2.59 bits per heavy atom. The van der Waals surface area contributed by atoms with Gasteiger partial charge in [0.25, 0.3) is 0 Å². The van der Waals surface area contributed by atoms with Crippen LogP contribution in [-0.2, 0) is 44.4 Å². The second-order valence-corrected chi connectivity index (χ2v) is 7.92. The summed E-state index contributed by atoms with van der Waals surface area (Å²) in [6, 6.07) is 8.67. The van der Waals surface area contributed by atoms with Crippen molar-refractivity contribution in [3.05, 3.63) is 35.9 Å². The van der Waals surface area contributed by atoms with Gasteiger partial charge in [0.2, 0.25) is 11.3 Å². The minimum absolute atomic E-state index is 0.0471. The number of carbonyl (C=O) groups excluding carboxylic acids is 2. The van der Waals surface area contributed by atoms with Crippen molar-refractivity contribution in [1.82, 2.24) is 0 Å². The first-order valence-electron chi connectivity index (χ1n) is 8.47. The Balaban J connectivity index is 1.62. The monoisotopic (exact) mass is 400 g/mol. The second-order valence-electron chi connectivity index (χ2n) is 6.74. The van der Waals surface area contributed by atoms with Crippen molar-refractivity contribution in [2.75, 3.05) is 6.61 Å². The number of alkyl halides is 1. The number of benzene rings is 1. The molecular formula is C17H17FO8S. The molecule has 3 aliphatic rings. The van der Waals surface area contributed by atoms with E-state index in [-0.39, 0.29) is 19.6 Å². The number of halogens is 1. The molecule has 1 aromatic carbocycles. The van der Waals surface area contributed by atoms with Gasteiger partial charge in [-0.25, -0.2) is 22.3 Å². The molecule has 0 bridgehead atoms. The van der Waals surface area contributed by atoms with Crippen LogP contribution in [-0.4, -0.2) is 44.3 Å². The molecule has 146 valence electrons. The number of rotatable bonds is 5. The fourth-order valence-corrected chi connectivity index (χ4v) is 5.31. The molecule has 5 atom stereocenters. The summed E-state index contributed by atoms with van der Waals surface area (Å²) < 4.78 is 58.5. The van der Waals surface area contributed by atoms with Crippen LogP contribution >= 0.6 is 0 Å². The van der Waals surface area contributed by atoms with E-state index in [1.54, 1.807) is 30.3 Å². The van der Waals surface area contributed by atoms with Crippen molar-refractivity contribution in [1.29, 1.82) is 0 Å². The van der Waals surface area contributed by atoms with Crippen LogP contribution in [0.15, 0.2) is 30.3 Å². The average Bonchev–Trinajstić information content (AvgIpc) is 2.93. The highest BCUT2D eigenvalue weighted by Crippen LogP contribution is 2.71. The normalized spacial score (nSPS) is 37.9. The first-order chi connectivity index (χ1) is 12.8. The highest BCUT2D eigenvalue weighted by molar-refractivity contribution is 7.82. The molecule has 0 radical (unpaired) electrons. The van der Waals surface area contributed by atoms with Gasteiger partial charge in [-0.3, -0.25) is 0 Å². The minimum atomic E-state index is -4.51. The number of carbonyl (C=O) groups is 2. The molecule has 1 saturated heterocycles. The summed E-state index contributed by atoms with van der Waals surface area (Å²) in [6.07, 6.45) is -1.40. The van der Waals surface area contributed by atoms with E-state index in [9.17, 15) is 18.0 Å². The van der Waals surface area contributed by atoms with Crippen molar-refractivity contribution < 1.29 is 40.2 Å². The molecule has 0 aromatic heterocycles. The molecule has 4 rings (SSSR count). The maximum absolute atomic E-state index is 15.2. The van der Waals surface area contributed by atoms with E-state index in [0.717, 1.165) is 0 Å². The molecule has 2 aliphatic carbocycles. The van der Waals surface area contributed by atoms with Crippen molar-refractivity contribution >= 4 is 22.3 Å². The highest BCUT2D eigenvalue weighted by atomic mass is 32.3. The Labute approximate surface area is 154 Å². The zero-order chi connectivity index (χ0) is 19.4. The Hall–Kier alpha value is -2.04. The van der Waals surface area contributed by atoms with E-state index in [2.05, 4.69) is 0 Å². The smallest absolute Gasteiger partial charge is 0.401 e. The molecule has 2 saturated carbocycles. The third kappa shape index (κ3) is 2.58. The van der Waals surface area contributed by atoms with Crippen LogP contribution in [0.3, 0.4) is 0 Å². The molecule has 1 aliphatic heterocycles. The maximum Gasteiger partial charge on any atom is 0.401 e. The minimum Gasteiger partial charge on any atom is -0.464 e. The third-order valence-electron chi connectivity index (χ3n) is 5.29. The molecular weight excluding hydrogens is 383 g/mol. The summed E-state index contributed by atoms with van der Waals surface area (Å²) in [7, 11) is -4.51. The van der Waals surface area contributed by atoms with Crippen LogP contribution in [0.4, 0.5) is 4.39 Å². The fraction of sp³-hybridized carbons (Fsp3) is 0.529. The Morgan fingerprint density at radius 2 is 1.93 bits per heavy atom. The van der Waals surface area contributed by atoms with Gasteiger partial charge in [0.15, 0.2) is 0 Å². The lowest BCUT2D eigenvalue weighted by atomic mass is 9.90. The topological polar surface area (TPSA) is 105 Å². The lowest BCUT2D eigenvalue weighted by Crippen LogP contribution is -2.52. The van der Waals surface area contributed by atoms with Gasteiger partial charge >= 0.3 is 22.3 Å². The lowest BCUT2D eigenvalue weighted by Gasteiger charge is -2.27. The predicted molar refractivity (Wildman–Crippen MR) is 85.9 cm³/mol. The Kier molecular flexibility index (Phi) is 4.06. The van der Waals surface area contributed by atoms with E-state index in [4.69, 9.17) is 17.8 Å². The molecule has 27 heavy (non-hydrogen) atoms. The summed E-state index contributed by atoms with van der Waals surface area (Å²) in [5, 5.41) is 0. The van der Waals surface area contributed by atoms with Crippen LogP contribution in [0.25, 0.3) is 0 Å². The molecule has 0 amide bonds. The van der Waals surface area contributed by atoms with Crippen LogP contribution in [0.1, 0.15) is 18.9 Å². The van der Waals surface area contributed by atoms with Gasteiger partial charge in [-0.1, -0.05) is 30.3 Å². The molecule has 1 heterocycles. The van der Waals surface area contributed by atoms with Crippen LogP contribution < -0.4 is 0 Å². The van der Waals surface area contributed by atoms with Crippen LogP contribution in [0.5, 0.6) is 0 Å². The first kappa shape index (κ1) is 18.3. The SMILES string of the molecule is CCOC(=O)[C@@]1(F)[C@@H]2C[C@H]3OS(=O)(=O)O[C@@]3(C(=O)OCc3ccccc3)[C@@H]21. The largest absolute Gasteiger partial charge is 0.464 e. The average molecular weight is 400 g/mol. The van der Waals surface area contributed by atoms with Crippen molar-refractivity contribution in [3.8, 4) is 0 Å². The molecule has 10 heteroatoms. The maximum atomic E-state index is 15.2. The van der Waals surface area contributed by atoms with Gasteiger partial charge in [-0.05, 0) is 18.9 Å². The number of esters is 2. The third-order valence-corrected chi connectivity index (χ3v) is 6.24. The summed E-state index contributed by atoms with van der Waals surface area (Å²) in [5.74, 6) is -4.48. The Bertz CT molecular complexity index is 887. The van der Waals surface area contributed by atoms with E-state index < -0.39 is 51.5 Å². The van der Waals surface area contributed by atoms with Crippen molar-refractivity contribution in [3.63, 3.8) is 0 Å². The first-order valence-corrected chi connectivity index (χ1v) is 9.80. The molecule has 0 unspecified atom stereocenters. The lowest BCUT2D eigenvalue weighted by molar-refractivity contribution is -0.171. The highest BCUT2D eigenvalue weighted by Gasteiger charge is 2.90. The Morgan fingerprint density at radius 1 is 1.22 bits per heavy atom. The van der Waals surface area contributed by atoms with E-state index in [0.29, 0.717) is 5.56 Å². The predicted octanol–water partition coefficient (Wildman–Crippen LogP) is 1.05. The van der Waals surface area contributed by atoms with Crippen LogP contribution in [0.2, 0.25) is 0 Å². The van der Waals surface area contributed by atoms with Crippen LogP contribution in [0, 0.1) is 11.8 Å². The van der Waals surface area contributed by atoms with E-state index in [1.807, 2.05) is 0 Å². The van der Waals surface area contributed by atoms with Crippen molar-refractivity contribution in [2.45, 2.75) is 37.3 Å². The number of fused-ring (bicyclic) bond motifs is 3. The standard InChI is InChI=1S/C17H17FO8S/c1-2-23-14(19)16(18)11-8-12-17(13(11)16,26-27(21,22)25-12)15(20)24-9-10-6-4-3-5-7-10/h3-7,11-13H,2,8-9H2,1H3/t11-,12-,13+,16-,17-/m1/s1. The van der Waals surface area contributed by atoms with Gasteiger partial charge in [0.1, 0.15) is 12.7 Å². The number of ether oxygens (including phenoxy) is 2. The number of hydrogen-bond donors (Lipinski definition) is 0. The second kappa shape index (κ2) is 5.98. The van der Waals surface area contributed by atoms with Crippen molar-refractivity contribution in [2.24, 2.45) is 11.8 Å². The van der Waals surface area contributed by atoms with Gasteiger partial charge in [-0.2, -0.15) is 8.42 Å². The summed E-state index contributed by atoms with van der Waals surface area (Å²) in [5.41, 5.74) is -4.07. The van der Waals surface area contributed by atoms with Gasteiger partial charge in [0.05, 0.1) is 12.5 Å². The number of hydrogen-bond acceptors (Lipinski definition) is 8. The fourth-order valence-electron chi connectivity index (χ4n) is 4.14. The summed E-state index contributed by atoms with van der Waals surface area (Å²) in [4.78, 5) is 24.8. The molecule has 0 spiro atoms. The van der Waals surface area contributed by atoms with E-state index >= 15 is 4.39 Å². The summed E-state index contributed by atoms with van der Waals surface area (Å²) >= 11 is 0.